The molecule has 1 aromatic heterocycles. The monoisotopic (exact) mass is 792 g/mol. The number of fused-ring (bicyclic) bond motifs is 9. The van der Waals surface area contributed by atoms with E-state index >= 15 is 0 Å². The van der Waals surface area contributed by atoms with Crippen LogP contribution in [0.3, 0.4) is 0 Å². The fourth-order valence-corrected chi connectivity index (χ4v) is 10.8. The second kappa shape index (κ2) is 13.5. The van der Waals surface area contributed by atoms with E-state index in [2.05, 4.69) is 216 Å². The van der Waals surface area contributed by atoms with E-state index in [0.29, 0.717) is 0 Å². The van der Waals surface area contributed by atoms with E-state index in [-0.39, 0.29) is 10.8 Å². The molecule has 62 heavy (non-hydrogen) atoms. The van der Waals surface area contributed by atoms with Crippen molar-refractivity contribution in [3.63, 3.8) is 0 Å². The highest BCUT2D eigenvalue weighted by Gasteiger charge is 2.38. The van der Waals surface area contributed by atoms with Crippen LogP contribution in [0.2, 0.25) is 0 Å². The van der Waals surface area contributed by atoms with Gasteiger partial charge in [0.1, 0.15) is 0 Å². The highest BCUT2D eigenvalue weighted by atomic mass is 14.9. The molecule has 0 saturated heterocycles. The molecule has 0 saturated carbocycles. The van der Waals surface area contributed by atoms with Gasteiger partial charge in [0.15, 0.2) is 5.82 Å². The molecule has 1 heterocycles. The lowest BCUT2D eigenvalue weighted by Gasteiger charge is -2.23. The number of benzene rings is 9. The third-order valence-corrected chi connectivity index (χ3v) is 13.9. The zero-order chi connectivity index (χ0) is 41.7. The first kappa shape index (κ1) is 36.4. The Balaban J connectivity index is 0.978. The highest BCUT2D eigenvalue weighted by Crippen LogP contribution is 2.54. The summed E-state index contributed by atoms with van der Waals surface area (Å²) in [6, 6.07) is 71.0. The van der Waals surface area contributed by atoms with Crippen LogP contribution < -0.4 is 0 Å². The zero-order valence-electron chi connectivity index (χ0n) is 35.4. The number of hydrogen-bond donors (Lipinski definition) is 0. The van der Waals surface area contributed by atoms with Crippen molar-refractivity contribution >= 4 is 21.5 Å². The standard InChI is InChI=1S/C60H44N2/c1-59(2)51-26-13-12-24-49(51)56-50(25-15-27-52(56)59)55-36-54(61-58(62-55)38-17-6-5-7-18-38)47-33-32-42(44-22-10-11-23-45(44)47)41-20-14-19-39(34-41)40-29-30-46-48-31-28-37-16-8-9-21-43(37)57(48)60(3,4)53(46)35-40/h5-36H,1-4H3. The predicted molar refractivity (Wildman–Crippen MR) is 259 cm³/mol. The molecular weight excluding hydrogens is 749 g/mol. The van der Waals surface area contributed by atoms with Crippen molar-refractivity contribution in [1.29, 1.82) is 0 Å². The molecule has 12 rings (SSSR count). The van der Waals surface area contributed by atoms with Gasteiger partial charge in [-0.05, 0) is 107 Å². The van der Waals surface area contributed by atoms with Crippen molar-refractivity contribution in [2.24, 2.45) is 0 Å². The van der Waals surface area contributed by atoms with E-state index in [1.165, 1.54) is 82.9 Å². The summed E-state index contributed by atoms with van der Waals surface area (Å²) in [5, 5.41) is 4.99. The summed E-state index contributed by atoms with van der Waals surface area (Å²) in [4.78, 5) is 10.7. The van der Waals surface area contributed by atoms with E-state index in [1.54, 1.807) is 0 Å². The van der Waals surface area contributed by atoms with Crippen LogP contribution in [0.25, 0.3) is 100.0 Å². The summed E-state index contributed by atoms with van der Waals surface area (Å²) in [6.07, 6.45) is 0. The van der Waals surface area contributed by atoms with Gasteiger partial charge in [-0.2, -0.15) is 0 Å². The van der Waals surface area contributed by atoms with Crippen LogP contribution in [0.4, 0.5) is 0 Å². The van der Waals surface area contributed by atoms with Gasteiger partial charge < -0.3 is 0 Å². The second-order valence-electron chi connectivity index (χ2n) is 18.1. The normalized spacial score (nSPS) is 14.1. The fourth-order valence-electron chi connectivity index (χ4n) is 10.8. The number of nitrogens with zero attached hydrogens (tertiary/aromatic N) is 2. The molecule has 0 spiro atoms. The third-order valence-electron chi connectivity index (χ3n) is 13.9. The van der Waals surface area contributed by atoms with E-state index in [4.69, 9.17) is 9.97 Å². The van der Waals surface area contributed by atoms with Crippen molar-refractivity contribution < 1.29 is 0 Å². The molecule has 0 N–H and O–H groups in total. The summed E-state index contributed by atoms with van der Waals surface area (Å²) in [5.41, 5.74) is 20.4. The van der Waals surface area contributed by atoms with Crippen molar-refractivity contribution in [2.75, 3.05) is 0 Å². The van der Waals surface area contributed by atoms with Gasteiger partial charge in [0, 0.05) is 27.5 Å². The Kier molecular flexibility index (Phi) is 7.96. The summed E-state index contributed by atoms with van der Waals surface area (Å²) in [7, 11) is 0. The van der Waals surface area contributed by atoms with Crippen LogP contribution in [0.1, 0.15) is 49.9 Å². The second-order valence-corrected chi connectivity index (χ2v) is 18.1. The first-order valence-electron chi connectivity index (χ1n) is 21.7. The molecule has 0 atom stereocenters. The Morgan fingerprint density at radius 2 is 0.903 bits per heavy atom. The van der Waals surface area contributed by atoms with Crippen molar-refractivity contribution in [3.8, 4) is 78.4 Å². The molecule has 0 bridgehead atoms. The smallest absolute Gasteiger partial charge is 0.160 e. The Hall–Kier alpha value is -7.42. The van der Waals surface area contributed by atoms with Gasteiger partial charge in [-0.3, -0.25) is 0 Å². The molecule has 0 fully saturated rings. The molecule has 10 aromatic rings. The quantitative estimate of drug-likeness (QED) is 0.173. The topological polar surface area (TPSA) is 25.8 Å². The molecule has 2 heteroatoms. The largest absolute Gasteiger partial charge is 0.228 e. The Labute approximate surface area is 363 Å². The predicted octanol–water partition coefficient (Wildman–Crippen LogP) is 15.7. The van der Waals surface area contributed by atoms with E-state index in [9.17, 15) is 0 Å². The third kappa shape index (κ3) is 5.43. The Bertz CT molecular complexity index is 3460. The number of aromatic nitrogens is 2. The summed E-state index contributed by atoms with van der Waals surface area (Å²) in [6.45, 7) is 9.43. The minimum absolute atomic E-state index is 0.109. The Morgan fingerprint density at radius 3 is 1.74 bits per heavy atom. The van der Waals surface area contributed by atoms with Crippen LogP contribution in [0.15, 0.2) is 194 Å². The van der Waals surface area contributed by atoms with Crippen LogP contribution in [-0.2, 0) is 10.8 Å². The molecule has 2 nitrogen and oxygen atoms in total. The van der Waals surface area contributed by atoms with E-state index < -0.39 is 0 Å². The van der Waals surface area contributed by atoms with Gasteiger partial charge in [-0.15, -0.1) is 0 Å². The lowest BCUT2D eigenvalue weighted by atomic mass is 9.79. The molecule has 294 valence electrons. The lowest BCUT2D eigenvalue weighted by molar-refractivity contribution is 0.660. The van der Waals surface area contributed by atoms with Gasteiger partial charge in [0.25, 0.3) is 0 Å². The van der Waals surface area contributed by atoms with Crippen molar-refractivity contribution in [1.82, 2.24) is 9.97 Å². The first-order valence-corrected chi connectivity index (χ1v) is 21.7. The SMILES string of the molecule is CC1(C)c2ccccc2-c2c(-c3cc(-c4ccc(-c5cccc(-c6ccc7c(c6)C(C)(C)c6c-7ccc7ccccc67)c5)c5ccccc45)nc(-c4ccccc4)n3)cccc21. The van der Waals surface area contributed by atoms with Gasteiger partial charge in [-0.25, -0.2) is 9.97 Å². The molecular formula is C60H44N2. The summed E-state index contributed by atoms with van der Waals surface area (Å²) < 4.78 is 0. The van der Waals surface area contributed by atoms with Crippen molar-refractivity contribution in [2.45, 2.75) is 38.5 Å². The summed E-state index contributed by atoms with van der Waals surface area (Å²) in [5.74, 6) is 0.718. The maximum atomic E-state index is 5.33. The molecule has 9 aromatic carbocycles. The molecule has 0 aliphatic heterocycles. The maximum absolute atomic E-state index is 5.33. The molecule has 0 amide bonds. The summed E-state index contributed by atoms with van der Waals surface area (Å²) >= 11 is 0. The van der Waals surface area contributed by atoms with Gasteiger partial charge in [0.05, 0.1) is 11.4 Å². The van der Waals surface area contributed by atoms with Crippen molar-refractivity contribution in [3.05, 3.63) is 216 Å². The van der Waals surface area contributed by atoms with Gasteiger partial charge >= 0.3 is 0 Å². The average Bonchev–Trinajstić information content (AvgIpc) is 3.70. The highest BCUT2D eigenvalue weighted by molar-refractivity contribution is 6.05. The Morgan fingerprint density at radius 1 is 0.323 bits per heavy atom. The van der Waals surface area contributed by atoms with Crippen LogP contribution >= 0.6 is 0 Å². The molecule has 2 aliphatic rings. The number of rotatable bonds is 5. The molecule has 0 unspecified atom stereocenters. The van der Waals surface area contributed by atoms with E-state index in [0.717, 1.165) is 39.3 Å². The zero-order valence-corrected chi connectivity index (χ0v) is 35.4. The van der Waals surface area contributed by atoms with E-state index in [1.807, 2.05) is 6.07 Å². The maximum Gasteiger partial charge on any atom is 0.160 e. The minimum atomic E-state index is -0.117. The van der Waals surface area contributed by atoms with Gasteiger partial charge in [0.2, 0.25) is 0 Å². The van der Waals surface area contributed by atoms with Crippen LogP contribution in [-0.4, -0.2) is 9.97 Å². The van der Waals surface area contributed by atoms with Crippen LogP contribution in [0, 0.1) is 0 Å². The first-order chi connectivity index (χ1) is 30.3. The minimum Gasteiger partial charge on any atom is -0.228 e. The fraction of sp³-hybridized carbons (Fsp3) is 0.100. The average molecular weight is 793 g/mol. The van der Waals surface area contributed by atoms with Crippen LogP contribution in [0.5, 0.6) is 0 Å². The van der Waals surface area contributed by atoms with Gasteiger partial charge in [-0.1, -0.05) is 204 Å². The number of hydrogen-bond acceptors (Lipinski definition) is 2. The molecule has 2 aliphatic carbocycles. The molecule has 0 radical (unpaired) electrons. The lowest BCUT2D eigenvalue weighted by Crippen LogP contribution is -2.15.